The highest BCUT2D eigenvalue weighted by Crippen LogP contribution is 2.35. The number of hydrogen-bond acceptors (Lipinski definition) is 7. The Hall–Kier alpha value is -1.56. The number of nitrogens with one attached hydrogen (secondary N) is 1. The number of hydrogen-bond donors (Lipinski definition) is 4. The van der Waals surface area contributed by atoms with Gasteiger partial charge in [0.25, 0.3) is 5.56 Å². The molecule has 1 fully saturated rings. The molecule has 9 nitrogen and oxygen atoms in total. The Bertz CT molecular complexity index is 749. The molecule has 4 atom stereocenters. The molecular weight excluding hydrogens is 353 g/mol. The monoisotopic (exact) mass is 363 g/mol. The third-order valence-corrected chi connectivity index (χ3v) is 3.81. The number of H-pyrrole nitrogens is 1. The molecule has 3 heterocycles. The molecule has 0 bridgehead atoms. The van der Waals surface area contributed by atoms with Crippen molar-refractivity contribution >= 4 is 33.0 Å². The summed E-state index contributed by atoms with van der Waals surface area (Å²) in [4.78, 5) is 21.9. The fourth-order valence-electron chi connectivity index (χ4n) is 2.27. The Morgan fingerprint density at radius 3 is 2.86 bits per heavy atom. The molecule has 114 valence electrons. The van der Waals surface area contributed by atoms with E-state index < -0.39 is 36.8 Å². The highest BCUT2D eigenvalue weighted by Gasteiger charge is 2.46. The first-order valence-corrected chi connectivity index (χ1v) is 6.75. The van der Waals surface area contributed by atoms with E-state index in [0.29, 0.717) is 0 Å². The molecule has 0 unspecified atom stereocenters. The normalized spacial score (nSPS) is 29.3. The van der Waals surface area contributed by atoms with Crippen molar-refractivity contribution in [2.24, 2.45) is 0 Å². The maximum absolute atomic E-state index is 13.8. The molecule has 1 aliphatic rings. The summed E-state index contributed by atoms with van der Waals surface area (Å²) in [5.41, 5.74) is 4.91. The van der Waals surface area contributed by atoms with E-state index in [2.05, 4.69) is 30.9 Å². The average Bonchev–Trinajstić information content (AvgIpc) is 2.89. The van der Waals surface area contributed by atoms with E-state index in [1.807, 2.05) is 0 Å². The fraction of sp³-hybridized carbons (Fsp3) is 0.500. The summed E-state index contributed by atoms with van der Waals surface area (Å²) in [7, 11) is 0. The molecule has 2 aromatic rings. The number of aromatic amines is 1. The molecule has 3 rings (SSSR count). The number of nitrogens with two attached hydrogens (primary N) is 1. The van der Waals surface area contributed by atoms with Gasteiger partial charge in [0.15, 0.2) is 28.3 Å². The van der Waals surface area contributed by atoms with Crippen LogP contribution in [0.1, 0.15) is 6.23 Å². The van der Waals surface area contributed by atoms with Crippen LogP contribution in [0.5, 0.6) is 0 Å². The topological polar surface area (TPSA) is 139 Å². The van der Waals surface area contributed by atoms with Gasteiger partial charge in [-0.15, -0.1) is 0 Å². The molecule has 0 radical (unpaired) electrons. The first-order chi connectivity index (χ1) is 9.93. The molecule has 1 aliphatic heterocycles. The van der Waals surface area contributed by atoms with Crippen LogP contribution in [0.2, 0.25) is 0 Å². The SMILES string of the molecule is Nc1nc2c(nc(Br)n2[C@@H]2O[C@H](CO)[C@@H](F)[C@H]2O)c(=O)[nH]1. The lowest BCUT2D eigenvalue weighted by Crippen LogP contribution is -2.29. The molecule has 21 heavy (non-hydrogen) atoms. The van der Waals surface area contributed by atoms with E-state index in [0.717, 1.165) is 0 Å². The average molecular weight is 364 g/mol. The van der Waals surface area contributed by atoms with Gasteiger partial charge in [0.05, 0.1) is 6.61 Å². The van der Waals surface area contributed by atoms with Crippen molar-refractivity contribution < 1.29 is 19.3 Å². The molecular formula is C10H11BrFN5O4. The van der Waals surface area contributed by atoms with Crippen LogP contribution >= 0.6 is 15.9 Å². The zero-order valence-corrected chi connectivity index (χ0v) is 12.0. The molecule has 5 N–H and O–H groups in total. The summed E-state index contributed by atoms with van der Waals surface area (Å²) < 4.78 is 20.4. The van der Waals surface area contributed by atoms with Gasteiger partial charge in [-0.25, -0.2) is 9.37 Å². The predicted molar refractivity (Wildman–Crippen MR) is 72.2 cm³/mol. The number of aliphatic hydroxyl groups is 2. The Kier molecular flexibility index (Phi) is 3.43. The minimum Gasteiger partial charge on any atom is -0.394 e. The number of fused-ring (bicyclic) bond motifs is 1. The van der Waals surface area contributed by atoms with Crippen molar-refractivity contribution in [1.29, 1.82) is 0 Å². The zero-order chi connectivity index (χ0) is 15.3. The smallest absolute Gasteiger partial charge is 0.280 e. The lowest BCUT2D eigenvalue weighted by molar-refractivity contribution is -0.0506. The van der Waals surface area contributed by atoms with Gasteiger partial charge in [0.2, 0.25) is 5.95 Å². The minimum absolute atomic E-state index is 0.0327. The molecule has 0 aliphatic carbocycles. The second kappa shape index (κ2) is 5.02. The van der Waals surface area contributed by atoms with Crippen LogP contribution in [0.4, 0.5) is 10.3 Å². The minimum atomic E-state index is -1.77. The van der Waals surface area contributed by atoms with Crippen molar-refractivity contribution in [3.63, 3.8) is 0 Å². The second-order valence-electron chi connectivity index (χ2n) is 4.56. The van der Waals surface area contributed by atoms with Crippen LogP contribution in [0.15, 0.2) is 9.53 Å². The van der Waals surface area contributed by atoms with Gasteiger partial charge in [-0.05, 0) is 15.9 Å². The van der Waals surface area contributed by atoms with Crippen LogP contribution in [-0.4, -0.2) is 54.7 Å². The molecule has 0 aromatic carbocycles. The van der Waals surface area contributed by atoms with E-state index in [1.54, 1.807) is 0 Å². The lowest BCUT2D eigenvalue weighted by Gasteiger charge is -2.17. The van der Waals surface area contributed by atoms with Crippen molar-refractivity contribution in [2.45, 2.75) is 24.6 Å². The second-order valence-corrected chi connectivity index (χ2v) is 5.27. The van der Waals surface area contributed by atoms with E-state index in [9.17, 15) is 14.3 Å². The number of anilines is 1. The maximum Gasteiger partial charge on any atom is 0.280 e. The van der Waals surface area contributed by atoms with E-state index >= 15 is 0 Å². The van der Waals surface area contributed by atoms with Gasteiger partial charge in [0, 0.05) is 0 Å². The third-order valence-electron chi connectivity index (χ3n) is 3.25. The molecule has 11 heteroatoms. The number of aliphatic hydroxyl groups excluding tert-OH is 2. The van der Waals surface area contributed by atoms with Gasteiger partial charge < -0.3 is 20.7 Å². The zero-order valence-electron chi connectivity index (χ0n) is 10.4. The molecule has 0 saturated carbocycles. The van der Waals surface area contributed by atoms with Crippen molar-refractivity contribution in [3.8, 4) is 0 Å². The van der Waals surface area contributed by atoms with E-state index in [-0.39, 0.29) is 21.8 Å². The molecule has 2 aromatic heterocycles. The first kappa shape index (κ1) is 14.4. The maximum atomic E-state index is 13.8. The Morgan fingerprint density at radius 2 is 2.24 bits per heavy atom. The number of halogens is 2. The van der Waals surface area contributed by atoms with Crippen LogP contribution in [-0.2, 0) is 4.74 Å². The lowest BCUT2D eigenvalue weighted by atomic mass is 10.1. The molecule has 0 spiro atoms. The number of nitrogens with zero attached hydrogens (tertiary/aromatic N) is 3. The number of imidazole rings is 1. The number of alkyl halides is 1. The molecule has 0 amide bonds. The van der Waals surface area contributed by atoms with Gasteiger partial charge in [0.1, 0.15) is 12.2 Å². The van der Waals surface area contributed by atoms with Gasteiger partial charge in [-0.2, -0.15) is 4.98 Å². The van der Waals surface area contributed by atoms with E-state index in [4.69, 9.17) is 15.6 Å². The fourth-order valence-corrected chi connectivity index (χ4v) is 2.82. The quantitative estimate of drug-likeness (QED) is 0.504. The standard InChI is InChI=1S/C10H11BrFN5O4/c11-9-14-4-6(15-10(13)16-7(4)20)17(9)8-5(19)3(12)2(1-18)21-8/h2-3,5,8,18-19H,1H2,(H3,13,15,16,20)/t2-,3-,5-,8-/m1/s1. The highest BCUT2D eigenvalue weighted by molar-refractivity contribution is 9.10. The largest absolute Gasteiger partial charge is 0.394 e. The third kappa shape index (κ3) is 2.12. The van der Waals surface area contributed by atoms with Gasteiger partial charge >= 0.3 is 0 Å². The number of ether oxygens (including phenoxy) is 1. The summed E-state index contributed by atoms with van der Waals surface area (Å²) >= 11 is 3.11. The van der Waals surface area contributed by atoms with Crippen molar-refractivity contribution in [2.75, 3.05) is 12.3 Å². The number of rotatable bonds is 2. The van der Waals surface area contributed by atoms with Crippen LogP contribution in [0.3, 0.4) is 0 Å². The molecule has 1 saturated heterocycles. The van der Waals surface area contributed by atoms with Gasteiger partial charge in [-0.1, -0.05) is 0 Å². The highest BCUT2D eigenvalue weighted by atomic mass is 79.9. The number of nitrogen functional groups attached to an aromatic ring is 1. The van der Waals surface area contributed by atoms with Crippen molar-refractivity contribution in [3.05, 3.63) is 15.1 Å². The van der Waals surface area contributed by atoms with Gasteiger partial charge in [-0.3, -0.25) is 14.3 Å². The summed E-state index contributed by atoms with van der Waals surface area (Å²) in [6.45, 7) is -0.588. The number of aromatic nitrogens is 4. The van der Waals surface area contributed by atoms with Crippen LogP contribution < -0.4 is 11.3 Å². The Morgan fingerprint density at radius 1 is 1.52 bits per heavy atom. The Labute approximate surface area is 124 Å². The van der Waals surface area contributed by atoms with Crippen molar-refractivity contribution in [1.82, 2.24) is 19.5 Å². The first-order valence-electron chi connectivity index (χ1n) is 5.95. The van der Waals surface area contributed by atoms with Crippen LogP contribution in [0.25, 0.3) is 11.2 Å². The summed E-state index contributed by atoms with van der Waals surface area (Å²) in [5.74, 6) is -0.149. The van der Waals surface area contributed by atoms with Crippen LogP contribution in [0, 0.1) is 0 Å². The Balaban J connectivity index is 2.17. The summed E-state index contributed by atoms with van der Waals surface area (Å²) in [6.07, 6.45) is -5.68. The summed E-state index contributed by atoms with van der Waals surface area (Å²) in [5, 5.41) is 19.0. The predicted octanol–water partition coefficient (Wildman–Crippen LogP) is -0.947. The summed E-state index contributed by atoms with van der Waals surface area (Å²) in [6, 6.07) is 0. The van der Waals surface area contributed by atoms with E-state index in [1.165, 1.54) is 4.57 Å².